The largest absolute Gasteiger partial charge is 0.481 e. The number of aliphatic carboxylic acids is 1. The Labute approximate surface area is 239 Å². The van der Waals surface area contributed by atoms with E-state index in [0.29, 0.717) is 23.4 Å². The molecule has 214 valence electrons. The van der Waals surface area contributed by atoms with E-state index in [2.05, 4.69) is 11.1 Å². The Balaban J connectivity index is 1.72. The number of nitrogens with zero attached hydrogens (tertiary/aromatic N) is 4. The minimum atomic E-state index is -1.13. The highest BCUT2D eigenvalue weighted by Gasteiger charge is 2.29. The minimum Gasteiger partial charge on any atom is -0.481 e. The van der Waals surface area contributed by atoms with Gasteiger partial charge >= 0.3 is 11.7 Å². The standard InChI is InChI=1S/C29H30N4O7S/c1-17(28(35)36)15-32-26(34)24-23(25-31-12-14-39-25)18(2)41-27(24)33(29(32)37)16-21(40-22-9-5-6-13-38-22)20-8-4-3-7-19(20)10-11-30/h3-4,7-8,12,14,17,21-22H,5-6,9-10,13,15-16H2,1-2H3,(H,35,36)/t17-,21?,22?/m0/s1. The molecule has 0 amide bonds. The van der Waals surface area contributed by atoms with E-state index in [4.69, 9.17) is 13.9 Å². The molecule has 2 unspecified atom stereocenters. The van der Waals surface area contributed by atoms with Gasteiger partial charge < -0.3 is 19.0 Å². The molecule has 1 aromatic carbocycles. The first-order valence-corrected chi connectivity index (χ1v) is 14.2. The van der Waals surface area contributed by atoms with Crippen LogP contribution < -0.4 is 11.2 Å². The average molecular weight is 579 g/mol. The number of hydrogen-bond acceptors (Lipinski definition) is 9. The molecular weight excluding hydrogens is 548 g/mol. The molecule has 0 spiro atoms. The van der Waals surface area contributed by atoms with E-state index >= 15 is 0 Å². The molecule has 1 fully saturated rings. The fourth-order valence-corrected chi connectivity index (χ4v) is 6.26. The molecule has 1 saturated heterocycles. The van der Waals surface area contributed by atoms with Crippen LogP contribution in [0, 0.1) is 24.2 Å². The molecule has 4 heterocycles. The SMILES string of the molecule is Cc1sc2c(c1-c1ncco1)c(=O)n(C[C@H](C)C(=O)O)c(=O)n2CC(OC1CCCCO1)c1ccccc1CC#N. The summed E-state index contributed by atoms with van der Waals surface area (Å²) in [4.78, 5) is 44.9. The van der Waals surface area contributed by atoms with E-state index in [1.165, 1.54) is 35.3 Å². The van der Waals surface area contributed by atoms with Gasteiger partial charge in [-0.25, -0.2) is 9.78 Å². The second kappa shape index (κ2) is 12.2. The second-order valence-electron chi connectivity index (χ2n) is 10.1. The van der Waals surface area contributed by atoms with Gasteiger partial charge in [0.05, 0.1) is 42.1 Å². The van der Waals surface area contributed by atoms with Crippen molar-refractivity contribution in [1.29, 1.82) is 5.26 Å². The number of rotatable bonds is 10. The van der Waals surface area contributed by atoms with E-state index in [1.54, 1.807) is 0 Å². The van der Waals surface area contributed by atoms with Gasteiger partial charge in [-0.3, -0.25) is 18.7 Å². The summed E-state index contributed by atoms with van der Waals surface area (Å²) in [5.74, 6) is -1.88. The molecule has 1 aliphatic heterocycles. The number of nitriles is 1. The fourth-order valence-electron chi connectivity index (χ4n) is 5.13. The molecule has 41 heavy (non-hydrogen) atoms. The van der Waals surface area contributed by atoms with E-state index < -0.39 is 35.5 Å². The van der Waals surface area contributed by atoms with Crippen LogP contribution in [0.1, 0.15) is 48.3 Å². The number of benzene rings is 1. The smallest absolute Gasteiger partial charge is 0.332 e. The van der Waals surface area contributed by atoms with Gasteiger partial charge in [-0.1, -0.05) is 31.2 Å². The van der Waals surface area contributed by atoms with Crippen LogP contribution in [0.3, 0.4) is 0 Å². The first-order valence-electron chi connectivity index (χ1n) is 13.4. The zero-order chi connectivity index (χ0) is 29.1. The summed E-state index contributed by atoms with van der Waals surface area (Å²) in [5, 5.41) is 19.3. The van der Waals surface area contributed by atoms with E-state index in [-0.39, 0.29) is 30.8 Å². The number of fused-ring (bicyclic) bond motifs is 1. The normalized spacial score (nSPS) is 16.9. The molecule has 0 saturated carbocycles. The highest BCUT2D eigenvalue weighted by Crippen LogP contribution is 2.36. The van der Waals surface area contributed by atoms with Gasteiger partial charge in [0, 0.05) is 18.0 Å². The average Bonchev–Trinajstić information content (AvgIpc) is 3.61. The van der Waals surface area contributed by atoms with Crippen molar-refractivity contribution >= 4 is 27.5 Å². The van der Waals surface area contributed by atoms with Crippen molar-refractivity contribution in [2.45, 2.75) is 65.0 Å². The lowest BCUT2D eigenvalue weighted by Crippen LogP contribution is -2.43. The molecule has 1 aliphatic rings. The Kier molecular flexibility index (Phi) is 8.49. The van der Waals surface area contributed by atoms with Crippen molar-refractivity contribution in [1.82, 2.24) is 14.1 Å². The van der Waals surface area contributed by atoms with Crippen molar-refractivity contribution in [3.8, 4) is 17.5 Å². The maximum atomic E-state index is 14.0. The van der Waals surface area contributed by atoms with Gasteiger partial charge in [-0.05, 0) is 37.3 Å². The lowest BCUT2D eigenvalue weighted by molar-refractivity contribution is -0.192. The predicted octanol–water partition coefficient (Wildman–Crippen LogP) is 4.26. The summed E-state index contributed by atoms with van der Waals surface area (Å²) >= 11 is 1.26. The third-order valence-corrected chi connectivity index (χ3v) is 8.36. The molecule has 0 bridgehead atoms. The summed E-state index contributed by atoms with van der Waals surface area (Å²) in [5.41, 5.74) is 0.705. The van der Waals surface area contributed by atoms with E-state index in [0.717, 1.165) is 33.4 Å². The number of thiophene rings is 1. The highest BCUT2D eigenvalue weighted by molar-refractivity contribution is 7.19. The Hall–Kier alpha value is -4.05. The maximum absolute atomic E-state index is 14.0. The topological polar surface area (TPSA) is 150 Å². The van der Waals surface area contributed by atoms with Gasteiger partial charge in [0.1, 0.15) is 17.2 Å². The van der Waals surface area contributed by atoms with Crippen LogP contribution in [0.4, 0.5) is 0 Å². The Morgan fingerprint density at radius 3 is 2.76 bits per heavy atom. The third kappa shape index (κ3) is 5.74. The highest BCUT2D eigenvalue weighted by atomic mass is 32.1. The van der Waals surface area contributed by atoms with E-state index in [9.17, 15) is 24.8 Å². The van der Waals surface area contributed by atoms with Crippen LogP contribution in [-0.2, 0) is 33.8 Å². The fraction of sp³-hybridized carbons (Fsp3) is 0.414. The van der Waals surface area contributed by atoms with Crippen LogP contribution >= 0.6 is 11.3 Å². The van der Waals surface area contributed by atoms with Crippen LogP contribution in [0.15, 0.2) is 50.7 Å². The number of aryl methyl sites for hydroxylation is 1. The predicted molar refractivity (Wildman–Crippen MR) is 151 cm³/mol. The molecule has 3 aromatic heterocycles. The Morgan fingerprint density at radius 1 is 1.27 bits per heavy atom. The van der Waals surface area contributed by atoms with Crippen LogP contribution in [-0.4, -0.2) is 38.1 Å². The lowest BCUT2D eigenvalue weighted by atomic mass is 9.99. The molecule has 11 nitrogen and oxygen atoms in total. The molecule has 5 rings (SSSR count). The summed E-state index contributed by atoms with van der Waals surface area (Å²) in [6, 6.07) is 9.59. The van der Waals surface area contributed by atoms with Gasteiger partial charge in [-0.15, -0.1) is 11.3 Å². The lowest BCUT2D eigenvalue weighted by Gasteiger charge is -2.29. The molecule has 4 aromatic rings. The van der Waals surface area contributed by atoms with Crippen molar-refractivity contribution < 1.29 is 23.8 Å². The Morgan fingerprint density at radius 2 is 2.07 bits per heavy atom. The van der Waals surface area contributed by atoms with Crippen molar-refractivity contribution in [3.05, 3.63) is 73.6 Å². The first kappa shape index (κ1) is 28.5. The number of oxazole rings is 1. The summed E-state index contributed by atoms with van der Waals surface area (Å²) < 4.78 is 20.3. The van der Waals surface area contributed by atoms with Crippen LogP contribution in [0.5, 0.6) is 0 Å². The molecule has 0 radical (unpaired) electrons. The quantitative estimate of drug-likeness (QED) is 0.291. The van der Waals surface area contributed by atoms with Gasteiger partial charge in [0.25, 0.3) is 5.56 Å². The number of hydrogen-bond donors (Lipinski definition) is 1. The summed E-state index contributed by atoms with van der Waals surface area (Å²) in [6.07, 6.45) is 4.37. The number of carbonyl (C=O) groups is 1. The number of carboxylic acid groups (broad SMARTS) is 1. The third-order valence-electron chi connectivity index (χ3n) is 7.23. The van der Waals surface area contributed by atoms with Gasteiger partial charge in [0.2, 0.25) is 5.89 Å². The zero-order valence-electron chi connectivity index (χ0n) is 22.7. The van der Waals surface area contributed by atoms with Crippen molar-refractivity contribution in [2.24, 2.45) is 5.92 Å². The van der Waals surface area contributed by atoms with Crippen molar-refractivity contribution in [3.63, 3.8) is 0 Å². The second-order valence-corrected chi connectivity index (χ2v) is 11.3. The van der Waals surface area contributed by atoms with Crippen LogP contribution in [0.25, 0.3) is 21.7 Å². The minimum absolute atomic E-state index is 0.00431. The van der Waals surface area contributed by atoms with Crippen LogP contribution in [0.2, 0.25) is 0 Å². The molecular formula is C29H30N4O7S. The Bertz CT molecular complexity index is 1710. The maximum Gasteiger partial charge on any atom is 0.332 e. The summed E-state index contributed by atoms with van der Waals surface area (Å²) in [6.45, 7) is 3.51. The van der Waals surface area contributed by atoms with Gasteiger partial charge in [0.15, 0.2) is 6.29 Å². The molecule has 1 N–H and O–H groups in total. The van der Waals surface area contributed by atoms with E-state index in [1.807, 2.05) is 31.2 Å². The zero-order valence-corrected chi connectivity index (χ0v) is 23.6. The molecule has 12 heteroatoms. The number of carboxylic acids is 1. The van der Waals surface area contributed by atoms with Crippen molar-refractivity contribution in [2.75, 3.05) is 6.61 Å². The first-order chi connectivity index (χ1) is 19.8. The number of aromatic nitrogens is 3. The van der Waals surface area contributed by atoms with Gasteiger partial charge in [-0.2, -0.15) is 5.26 Å². The number of ether oxygens (including phenoxy) is 2. The summed E-state index contributed by atoms with van der Waals surface area (Å²) in [7, 11) is 0. The molecule has 0 aliphatic carbocycles. The molecule has 3 atom stereocenters. The monoisotopic (exact) mass is 578 g/mol.